The van der Waals surface area contributed by atoms with Gasteiger partial charge in [-0.3, -0.25) is 23.6 Å². The van der Waals surface area contributed by atoms with Crippen molar-refractivity contribution in [2.75, 3.05) is 36.2 Å². The van der Waals surface area contributed by atoms with Gasteiger partial charge in [0.2, 0.25) is 0 Å². The van der Waals surface area contributed by atoms with E-state index in [9.17, 15) is 70.3 Å². The van der Waals surface area contributed by atoms with Crippen molar-refractivity contribution >= 4 is 79.7 Å². The number of carbonyl (C=O) groups excluding carboxylic acids is 1. The molecular weight excluding hydrogens is 1050 g/mol. The molecule has 388 valence electrons. The minimum absolute atomic E-state index is 0. The summed E-state index contributed by atoms with van der Waals surface area (Å²) in [5.74, 6) is -2.15. The van der Waals surface area contributed by atoms with Crippen molar-refractivity contribution in [3.8, 4) is 0 Å². The smallest absolute Gasteiger partial charge is 0.476 e. The van der Waals surface area contributed by atoms with E-state index < -0.39 is 79.4 Å². The van der Waals surface area contributed by atoms with Crippen LogP contribution in [0, 0.1) is 0 Å². The molecule has 19 nitrogen and oxygen atoms in total. The van der Waals surface area contributed by atoms with Crippen molar-refractivity contribution in [2.24, 2.45) is 15.9 Å². The van der Waals surface area contributed by atoms with Gasteiger partial charge in [-0.15, -0.1) is 12.4 Å². The molecule has 72 heavy (non-hydrogen) atoms. The number of amides is 1. The molecule has 0 fully saturated rings. The van der Waals surface area contributed by atoms with Crippen LogP contribution in [0.25, 0.3) is 11.3 Å². The number of nitrogens with zero attached hydrogens (tertiary/aromatic N) is 10. The van der Waals surface area contributed by atoms with Crippen molar-refractivity contribution in [3.05, 3.63) is 131 Å². The summed E-state index contributed by atoms with van der Waals surface area (Å²) < 4.78 is 175. The summed E-state index contributed by atoms with van der Waals surface area (Å²) in [6.45, 7) is -0.497. The van der Waals surface area contributed by atoms with Gasteiger partial charge >= 0.3 is 37.0 Å². The first-order valence-corrected chi connectivity index (χ1v) is 22.9. The number of fused-ring (bicyclic) bond motifs is 2. The average Bonchev–Trinajstić information content (AvgIpc) is 3.94. The fourth-order valence-electron chi connectivity index (χ4n) is 6.51. The number of hydrogen-bond donors (Lipinski definition) is 3. The molecule has 8 rings (SSSR count). The Labute approximate surface area is 406 Å². The number of alkyl halides is 10. The van der Waals surface area contributed by atoms with E-state index in [0.29, 0.717) is 36.2 Å². The zero-order valence-corrected chi connectivity index (χ0v) is 38.7. The summed E-state index contributed by atoms with van der Waals surface area (Å²) in [5.41, 5.74) is -4.34. The van der Waals surface area contributed by atoms with Gasteiger partial charge in [0.05, 0.1) is 37.6 Å². The molecule has 2 aliphatic rings. The summed E-state index contributed by atoms with van der Waals surface area (Å²) in [6, 6.07) is 22.6. The molecule has 0 unspecified atom stereocenters. The number of imidazole rings is 2. The van der Waals surface area contributed by atoms with Crippen molar-refractivity contribution < 1.29 is 75.4 Å². The van der Waals surface area contributed by atoms with E-state index in [1.54, 1.807) is 72.8 Å². The largest absolute Gasteiger partial charge is 0.516 e. The predicted molar refractivity (Wildman–Crippen MR) is 241 cm³/mol. The summed E-state index contributed by atoms with van der Waals surface area (Å²) in [7, 11) is -10.9. The Bertz CT molecular complexity index is 3160. The standard InChI is InChI=1S/C20H17F5N6O3S.C11H13F3N4O2S.C9H6F2N2O2.ClH/c21-18(22)16-17(30-8-2-1-3-15(30)28-16)19(32)26-11-13-4-6-14(7-5-13)31-10-9-29(12-27-31)35(33,34)20(23,24)25;12-11(13,14)21(19,20)17-5-6-18(16-8-17)10-3-1-9(7-15)2-4-10;10-8(11)6-7(9(14)15)13-4-2-1-3-5(13)12-6;/h1-8,12,18H,9-11H2,(H,26,32);1-4,8H,5-7,15H2;1-4,8H,(H,14,15);1H. The van der Waals surface area contributed by atoms with Crippen LogP contribution in [0.4, 0.5) is 55.3 Å². The number of carbonyl (C=O) groups is 2. The molecule has 0 bridgehead atoms. The molecule has 0 saturated heterocycles. The SMILES string of the molecule is Cl.NCc1ccc(N2CCN(S(=O)(=O)C(F)(F)F)C=N2)cc1.O=C(NCc1ccc(N2CCN(S(=O)(=O)C(F)(F)F)C=N2)cc1)c1c(C(F)F)nc2ccccn12.O=C(O)c1c(C(F)F)nc2ccccn12. The van der Waals surface area contributed by atoms with Gasteiger partial charge in [0.25, 0.3) is 18.8 Å². The van der Waals surface area contributed by atoms with Crippen LogP contribution < -0.4 is 21.1 Å². The highest BCUT2D eigenvalue weighted by Crippen LogP contribution is 2.30. The molecule has 0 spiro atoms. The molecule has 4 N–H and O–H groups in total. The van der Waals surface area contributed by atoms with Crippen molar-refractivity contribution in [1.82, 2.24) is 32.7 Å². The lowest BCUT2D eigenvalue weighted by atomic mass is 10.2. The molecule has 0 saturated carbocycles. The number of carboxylic acid groups (broad SMARTS) is 1. The Hall–Kier alpha value is -7.25. The zero-order valence-electron chi connectivity index (χ0n) is 36.2. The number of pyridine rings is 2. The van der Waals surface area contributed by atoms with E-state index in [0.717, 1.165) is 9.96 Å². The van der Waals surface area contributed by atoms with Crippen LogP contribution in [-0.4, -0.2) is 111 Å². The Morgan fingerprint density at radius 2 is 1.03 bits per heavy atom. The Morgan fingerprint density at radius 3 is 1.39 bits per heavy atom. The maximum Gasteiger partial charge on any atom is 0.516 e. The van der Waals surface area contributed by atoms with Crippen LogP contribution in [0.2, 0.25) is 0 Å². The second-order valence-electron chi connectivity index (χ2n) is 14.5. The number of carboxylic acids is 1. The number of halogens is 11. The normalized spacial score (nSPS) is 14.2. The number of anilines is 2. The number of rotatable bonds is 11. The van der Waals surface area contributed by atoms with Crippen molar-refractivity contribution in [2.45, 2.75) is 37.0 Å². The van der Waals surface area contributed by atoms with Crippen LogP contribution in [-0.2, 0) is 33.1 Å². The predicted octanol–water partition coefficient (Wildman–Crippen LogP) is 6.57. The highest BCUT2D eigenvalue weighted by molar-refractivity contribution is 7.90. The van der Waals surface area contributed by atoms with E-state index in [1.165, 1.54) is 38.9 Å². The molecule has 2 aliphatic heterocycles. The number of hydrazone groups is 2. The van der Waals surface area contributed by atoms with Gasteiger partial charge < -0.3 is 16.2 Å². The van der Waals surface area contributed by atoms with E-state index >= 15 is 0 Å². The summed E-state index contributed by atoms with van der Waals surface area (Å²) in [4.78, 5) is 30.8. The van der Waals surface area contributed by atoms with Gasteiger partial charge in [-0.1, -0.05) is 36.4 Å². The van der Waals surface area contributed by atoms with Gasteiger partial charge in [-0.2, -0.15) is 53.4 Å². The Morgan fingerprint density at radius 1 is 0.625 bits per heavy atom. The van der Waals surface area contributed by atoms with Gasteiger partial charge in [-0.25, -0.2) is 40.9 Å². The van der Waals surface area contributed by atoms with Gasteiger partial charge in [0, 0.05) is 25.5 Å². The first kappa shape index (κ1) is 55.7. The molecule has 6 heterocycles. The molecule has 1 amide bonds. The molecular formula is C40H37ClF10N12O7S2. The van der Waals surface area contributed by atoms with Crippen molar-refractivity contribution in [3.63, 3.8) is 0 Å². The maximum absolute atomic E-state index is 13.4. The second kappa shape index (κ2) is 22.4. The number of hydrogen-bond acceptors (Lipinski definition) is 13. The molecule has 0 atom stereocenters. The minimum Gasteiger partial charge on any atom is -0.476 e. The highest BCUT2D eigenvalue weighted by atomic mass is 35.5. The fourth-order valence-corrected chi connectivity index (χ4v) is 8.01. The molecule has 32 heteroatoms. The van der Waals surface area contributed by atoms with Crippen LogP contribution in [0.3, 0.4) is 0 Å². The lowest BCUT2D eigenvalue weighted by Gasteiger charge is -2.29. The summed E-state index contributed by atoms with van der Waals surface area (Å²) in [6.07, 6.45) is -1.73. The molecule has 6 aromatic rings. The first-order chi connectivity index (χ1) is 33.3. The van der Waals surface area contributed by atoms with Crippen LogP contribution >= 0.6 is 12.4 Å². The number of benzene rings is 2. The third-order valence-corrected chi connectivity index (χ3v) is 13.0. The van der Waals surface area contributed by atoms with Crippen LogP contribution in [0.15, 0.2) is 108 Å². The Balaban J connectivity index is 0.000000220. The lowest BCUT2D eigenvalue weighted by Crippen LogP contribution is -2.46. The lowest BCUT2D eigenvalue weighted by molar-refractivity contribution is -0.0477. The molecule has 2 aromatic carbocycles. The van der Waals surface area contributed by atoms with E-state index in [4.69, 9.17) is 10.8 Å². The average molecular weight is 1090 g/mol. The molecule has 4 aromatic heterocycles. The number of nitrogens with two attached hydrogens (primary N) is 1. The third-order valence-electron chi connectivity index (χ3n) is 10.0. The summed E-state index contributed by atoms with van der Waals surface area (Å²) in [5, 5.41) is 21.6. The van der Waals surface area contributed by atoms with E-state index in [-0.39, 0.29) is 64.2 Å². The van der Waals surface area contributed by atoms with Gasteiger partial charge in [0.1, 0.15) is 41.1 Å². The van der Waals surface area contributed by atoms with E-state index in [2.05, 4.69) is 25.5 Å². The minimum atomic E-state index is -5.50. The highest BCUT2D eigenvalue weighted by Gasteiger charge is 2.51. The van der Waals surface area contributed by atoms with Crippen LogP contribution in [0.5, 0.6) is 0 Å². The van der Waals surface area contributed by atoms with Gasteiger partial charge in [0.15, 0.2) is 5.69 Å². The quantitative estimate of drug-likeness (QED) is 0.117. The molecule has 0 aliphatic carbocycles. The number of aromatic carboxylic acids is 1. The Kier molecular flexibility index (Phi) is 17.4. The van der Waals surface area contributed by atoms with E-state index in [1.807, 2.05) is 0 Å². The number of sulfonamides is 2. The monoisotopic (exact) mass is 1090 g/mol. The second-order valence-corrected chi connectivity index (χ2v) is 18.3. The first-order valence-electron chi connectivity index (χ1n) is 20.0. The van der Waals surface area contributed by atoms with Crippen molar-refractivity contribution in [1.29, 1.82) is 0 Å². The fraction of sp³-hybridized carbons (Fsp3) is 0.250. The zero-order chi connectivity index (χ0) is 52.1. The topological polar surface area (TPSA) is 233 Å². The van der Waals surface area contributed by atoms with Crippen LogP contribution in [0.1, 0.15) is 56.3 Å². The number of nitrogens with one attached hydrogen (secondary N) is 1. The number of aromatic nitrogens is 4. The molecule has 0 radical (unpaired) electrons. The summed E-state index contributed by atoms with van der Waals surface area (Å²) >= 11 is 0. The van der Waals surface area contributed by atoms with Gasteiger partial charge in [-0.05, 0) is 59.7 Å². The maximum atomic E-state index is 13.4. The third kappa shape index (κ3) is 12.3.